The third kappa shape index (κ3) is 3.32. The SMILES string of the molecule is C[C@@]1(CO)CCC[C@H]1Nc1ccc(OC(F)F)cn1. The molecule has 1 aliphatic rings. The van der Waals surface area contributed by atoms with E-state index in [9.17, 15) is 13.9 Å². The zero-order valence-corrected chi connectivity index (χ0v) is 10.8. The normalized spacial score (nSPS) is 26.7. The summed E-state index contributed by atoms with van der Waals surface area (Å²) in [4.78, 5) is 4.04. The number of aliphatic hydroxyl groups excluding tert-OH is 1. The van der Waals surface area contributed by atoms with E-state index in [2.05, 4.69) is 15.0 Å². The van der Waals surface area contributed by atoms with Crippen LogP contribution in [0.15, 0.2) is 18.3 Å². The predicted octanol–water partition coefficient (Wildman–Crippen LogP) is 2.65. The summed E-state index contributed by atoms with van der Waals surface area (Å²) in [7, 11) is 0. The van der Waals surface area contributed by atoms with Crippen LogP contribution in [-0.4, -0.2) is 29.4 Å². The number of rotatable bonds is 5. The summed E-state index contributed by atoms with van der Waals surface area (Å²) in [5.41, 5.74) is -0.153. The first-order chi connectivity index (χ1) is 9.03. The molecule has 2 N–H and O–H groups in total. The van der Waals surface area contributed by atoms with Gasteiger partial charge in [0.2, 0.25) is 0 Å². The summed E-state index contributed by atoms with van der Waals surface area (Å²) in [6.07, 6.45) is 4.25. The third-order valence-electron chi connectivity index (χ3n) is 3.73. The molecule has 19 heavy (non-hydrogen) atoms. The van der Waals surface area contributed by atoms with Crippen molar-refractivity contribution in [1.82, 2.24) is 4.98 Å². The molecule has 2 rings (SSSR count). The van der Waals surface area contributed by atoms with Crippen molar-refractivity contribution in [3.8, 4) is 5.75 Å². The van der Waals surface area contributed by atoms with Gasteiger partial charge < -0.3 is 15.2 Å². The van der Waals surface area contributed by atoms with Gasteiger partial charge in [0.15, 0.2) is 0 Å². The van der Waals surface area contributed by atoms with E-state index in [4.69, 9.17) is 0 Å². The van der Waals surface area contributed by atoms with Crippen molar-refractivity contribution < 1.29 is 18.6 Å². The van der Waals surface area contributed by atoms with Crippen LogP contribution in [0.25, 0.3) is 0 Å². The highest BCUT2D eigenvalue weighted by molar-refractivity contribution is 5.39. The quantitative estimate of drug-likeness (QED) is 0.865. The molecule has 0 aromatic carbocycles. The summed E-state index contributed by atoms with van der Waals surface area (Å²) in [6, 6.07) is 3.20. The smallest absolute Gasteiger partial charge is 0.387 e. The number of pyridine rings is 1. The van der Waals surface area contributed by atoms with Gasteiger partial charge in [-0.25, -0.2) is 4.98 Å². The Morgan fingerprint density at radius 2 is 2.37 bits per heavy atom. The Hall–Kier alpha value is -1.43. The number of ether oxygens (including phenoxy) is 1. The molecule has 2 atom stereocenters. The fourth-order valence-electron chi connectivity index (χ4n) is 2.49. The number of aromatic nitrogens is 1. The molecule has 0 aliphatic heterocycles. The summed E-state index contributed by atoms with van der Waals surface area (Å²) < 4.78 is 28.2. The fourth-order valence-corrected chi connectivity index (χ4v) is 2.49. The molecule has 1 saturated carbocycles. The molecule has 1 aromatic rings. The molecule has 0 bridgehead atoms. The molecule has 1 heterocycles. The lowest BCUT2D eigenvalue weighted by molar-refractivity contribution is -0.0500. The van der Waals surface area contributed by atoms with E-state index >= 15 is 0 Å². The number of hydrogen-bond acceptors (Lipinski definition) is 4. The second-order valence-corrected chi connectivity index (χ2v) is 5.16. The van der Waals surface area contributed by atoms with Gasteiger partial charge in [-0.1, -0.05) is 13.3 Å². The molecule has 106 valence electrons. The van der Waals surface area contributed by atoms with Crippen molar-refractivity contribution in [2.24, 2.45) is 5.41 Å². The summed E-state index contributed by atoms with van der Waals surface area (Å²) in [5, 5.41) is 12.7. The Labute approximate surface area is 110 Å². The highest BCUT2D eigenvalue weighted by atomic mass is 19.3. The lowest BCUT2D eigenvalue weighted by Crippen LogP contribution is -2.36. The van der Waals surface area contributed by atoms with Crippen molar-refractivity contribution in [2.45, 2.75) is 38.8 Å². The largest absolute Gasteiger partial charge is 0.433 e. The maximum absolute atomic E-state index is 12.0. The van der Waals surface area contributed by atoms with Crippen LogP contribution in [-0.2, 0) is 0 Å². The molecule has 0 saturated heterocycles. The number of anilines is 1. The fraction of sp³-hybridized carbons (Fsp3) is 0.615. The first kappa shape index (κ1) is 14.0. The monoisotopic (exact) mass is 272 g/mol. The lowest BCUT2D eigenvalue weighted by Gasteiger charge is -2.30. The minimum atomic E-state index is -2.84. The molecule has 0 radical (unpaired) electrons. The first-order valence-electron chi connectivity index (χ1n) is 6.32. The highest BCUT2D eigenvalue weighted by Gasteiger charge is 2.38. The van der Waals surface area contributed by atoms with Crippen molar-refractivity contribution in [3.63, 3.8) is 0 Å². The van der Waals surface area contributed by atoms with Crippen LogP contribution in [0, 0.1) is 5.41 Å². The van der Waals surface area contributed by atoms with Crippen LogP contribution in [0.1, 0.15) is 26.2 Å². The van der Waals surface area contributed by atoms with Gasteiger partial charge in [-0.15, -0.1) is 0 Å². The summed E-state index contributed by atoms with van der Waals surface area (Å²) >= 11 is 0. The molecule has 0 amide bonds. The summed E-state index contributed by atoms with van der Waals surface area (Å²) in [6.45, 7) is -0.684. The van der Waals surface area contributed by atoms with Crippen molar-refractivity contribution in [2.75, 3.05) is 11.9 Å². The van der Waals surface area contributed by atoms with E-state index in [1.54, 1.807) is 6.07 Å². The number of halogens is 2. The third-order valence-corrected chi connectivity index (χ3v) is 3.73. The number of nitrogens with one attached hydrogen (secondary N) is 1. The molecule has 1 aliphatic carbocycles. The highest BCUT2D eigenvalue weighted by Crippen LogP contribution is 2.39. The Balaban J connectivity index is 1.99. The van der Waals surface area contributed by atoms with Gasteiger partial charge in [0.25, 0.3) is 0 Å². The number of hydrogen-bond donors (Lipinski definition) is 2. The number of alkyl halides is 2. The Morgan fingerprint density at radius 1 is 1.58 bits per heavy atom. The number of aliphatic hydroxyl groups is 1. The maximum Gasteiger partial charge on any atom is 0.387 e. The zero-order valence-electron chi connectivity index (χ0n) is 10.8. The average Bonchev–Trinajstić information content (AvgIpc) is 2.74. The van der Waals surface area contributed by atoms with E-state index < -0.39 is 6.61 Å². The molecular weight excluding hydrogens is 254 g/mol. The summed E-state index contributed by atoms with van der Waals surface area (Å²) in [5.74, 6) is 0.644. The predicted molar refractivity (Wildman–Crippen MR) is 67.3 cm³/mol. The Kier molecular flexibility index (Phi) is 4.19. The minimum absolute atomic E-state index is 0.0388. The average molecular weight is 272 g/mol. The van der Waals surface area contributed by atoms with Crippen molar-refractivity contribution in [1.29, 1.82) is 0 Å². The van der Waals surface area contributed by atoms with E-state index in [1.807, 2.05) is 6.92 Å². The van der Waals surface area contributed by atoms with Crippen LogP contribution in [0.5, 0.6) is 5.75 Å². The van der Waals surface area contributed by atoms with Crippen LogP contribution >= 0.6 is 0 Å². The molecule has 6 heteroatoms. The van der Waals surface area contributed by atoms with E-state index in [-0.39, 0.29) is 23.8 Å². The van der Waals surface area contributed by atoms with Crippen LogP contribution in [0.4, 0.5) is 14.6 Å². The Morgan fingerprint density at radius 3 is 2.95 bits per heavy atom. The van der Waals surface area contributed by atoms with Gasteiger partial charge >= 0.3 is 6.61 Å². The van der Waals surface area contributed by atoms with Gasteiger partial charge in [-0.3, -0.25) is 0 Å². The van der Waals surface area contributed by atoms with E-state index in [0.29, 0.717) is 5.82 Å². The molecule has 0 spiro atoms. The molecule has 4 nitrogen and oxygen atoms in total. The number of nitrogens with zero attached hydrogens (tertiary/aromatic N) is 1. The van der Waals surface area contributed by atoms with Crippen molar-refractivity contribution >= 4 is 5.82 Å². The van der Waals surface area contributed by atoms with Crippen molar-refractivity contribution in [3.05, 3.63) is 18.3 Å². The lowest BCUT2D eigenvalue weighted by atomic mass is 9.86. The minimum Gasteiger partial charge on any atom is -0.433 e. The van der Waals surface area contributed by atoms with Gasteiger partial charge in [-0.05, 0) is 25.0 Å². The van der Waals surface area contributed by atoms with E-state index in [1.165, 1.54) is 12.3 Å². The molecule has 1 aromatic heterocycles. The van der Waals surface area contributed by atoms with Gasteiger partial charge in [-0.2, -0.15) is 8.78 Å². The zero-order chi connectivity index (χ0) is 13.9. The molecule has 1 fully saturated rings. The topological polar surface area (TPSA) is 54.4 Å². The molecular formula is C13H18F2N2O2. The van der Waals surface area contributed by atoms with Gasteiger partial charge in [0, 0.05) is 11.5 Å². The maximum atomic E-state index is 12.0. The second kappa shape index (κ2) is 5.69. The standard InChI is InChI=1S/C13H18F2N2O2/c1-13(8-18)6-2-3-10(13)17-11-5-4-9(7-16-11)19-12(14)15/h4-5,7,10,12,18H,2-3,6,8H2,1H3,(H,16,17)/t10-,13+/m1/s1. The first-order valence-corrected chi connectivity index (χ1v) is 6.32. The van der Waals surface area contributed by atoms with Crippen LogP contribution in [0.2, 0.25) is 0 Å². The molecule has 0 unspecified atom stereocenters. The van der Waals surface area contributed by atoms with Crippen LogP contribution in [0.3, 0.4) is 0 Å². The van der Waals surface area contributed by atoms with Gasteiger partial charge in [0.05, 0.1) is 12.8 Å². The Bertz CT molecular complexity index is 414. The van der Waals surface area contributed by atoms with E-state index in [0.717, 1.165) is 19.3 Å². The van der Waals surface area contributed by atoms with Crippen LogP contribution < -0.4 is 10.1 Å². The van der Waals surface area contributed by atoms with Gasteiger partial charge in [0.1, 0.15) is 11.6 Å². The second-order valence-electron chi connectivity index (χ2n) is 5.16.